The summed E-state index contributed by atoms with van der Waals surface area (Å²) in [5, 5.41) is 7.80. The molecular formula is C23H25F2N5O3. The number of benzene rings is 1. The smallest absolute Gasteiger partial charge is 0.264 e. The Morgan fingerprint density at radius 3 is 2.70 bits per heavy atom. The molecule has 0 aliphatic carbocycles. The normalized spacial score (nSPS) is 19.8. The lowest BCUT2D eigenvalue weighted by Gasteiger charge is -2.40. The van der Waals surface area contributed by atoms with Crippen LogP contribution in [0.2, 0.25) is 0 Å². The van der Waals surface area contributed by atoms with E-state index in [2.05, 4.69) is 9.98 Å². The van der Waals surface area contributed by atoms with Crippen LogP contribution >= 0.6 is 0 Å². The lowest BCUT2D eigenvalue weighted by Crippen LogP contribution is -2.51. The van der Waals surface area contributed by atoms with E-state index in [0.29, 0.717) is 11.3 Å². The monoisotopic (exact) mass is 457 g/mol. The Bertz CT molecular complexity index is 1090. The minimum Gasteiger partial charge on any atom is -0.440 e. The number of amides is 1. The molecular weight excluding hydrogens is 432 g/mol. The lowest BCUT2D eigenvalue weighted by molar-refractivity contribution is -0.127. The van der Waals surface area contributed by atoms with Crippen molar-refractivity contribution in [3.05, 3.63) is 76.7 Å². The van der Waals surface area contributed by atoms with Crippen molar-refractivity contribution in [2.45, 2.75) is 31.2 Å². The molecule has 33 heavy (non-hydrogen) atoms. The van der Waals surface area contributed by atoms with Crippen molar-refractivity contribution in [2.75, 3.05) is 13.1 Å². The summed E-state index contributed by atoms with van der Waals surface area (Å²) in [6.45, 7) is 1.52. The van der Waals surface area contributed by atoms with Gasteiger partial charge in [-0.1, -0.05) is 24.3 Å². The summed E-state index contributed by atoms with van der Waals surface area (Å²) in [6, 6.07) is 10.5. The summed E-state index contributed by atoms with van der Waals surface area (Å²) in [7, 11) is 0. The molecule has 0 saturated carbocycles. The Morgan fingerprint density at radius 1 is 1.30 bits per heavy atom. The number of nitrogens with two attached hydrogens (primary N) is 1. The zero-order valence-corrected chi connectivity index (χ0v) is 18.0. The molecule has 174 valence electrons. The van der Waals surface area contributed by atoms with Gasteiger partial charge in [0.1, 0.15) is 11.6 Å². The number of carbonyl (C=O) groups excluding carboxylic acids is 1. The van der Waals surface area contributed by atoms with E-state index in [0.717, 1.165) is 0 Å². The molecule has 3 rings (SSSR count). The van der Waals surface area contributed by atoms with Crippen LogP contribution in [0.15, 0.2) is 70.6 Å². The number of ether oxygens (including phenoxy) is 1. The standard InChI is InChI=1S/C23H25F2N5O3/c1-15(22(32)29-19(26)8-9-20(27)33-17-5-3-2-4-6-17)30-12-11-23(24,25)18(14-30)16-7-10-21(31)28-13-16/h2-10,13,15,18,27H,11-12,14H2,1H3,(H,28,31)(H2,26,29,32)/b9-8-,27-20?. The van der Waals surface area contributed by atoms with E-state index in [4.69, 9.17) is 15.9 Å². The topological polar surface area (TPSA) is 125 Å². The molecule has 1 aliphatic rings. The van der Waals surface area contributed by atoms with Gasteiger partial charge in [0.15, 0.2) is 0 Å². The molecule has 2 atom stereocenters. The van der Waals surface area contributed by atoms with E-state index in [1.807, 2.05) is 6.07 Å². The Labute approximate surface area is 189 Å². The van der Waals surface area contributed by atoms with Crippen molar-refractivity contribution >= 4 is 17.6 Å². The van der Waals surface area contributed by atoms with Crippen molar-refractivity contribution in [3.63, 3.8) is 0 Å². The van der Waals surface area contributed by atoms with Crippen LogP contribution in [0, 0.1) is 5.41 Å². The van der Waals surface area contributed by atoms with Crippen molar-refractivity contribution in [3.8, 4) is 5.75 Å². The highest BCUT2D eigenvalue weighted by molar-refractivity contribution is 6.04. The van der Waals surface area contributed by atoms with Gasteiger partial charge >= 0.3 is 0 Å². The molecule has 1 saturated heterocycles. The first kappa shape index (κ1) is 24.0. The number of aromatic nitrogens is 1. The number of para-hydroxylation sites is 1. The number of piperidine rings is 1. The maximum absolute atomic E-state index is 14.5. The number of hydrogen-bond acceptors (Lipinski definition) is 5. The summed E-state index contributed by atoms with van der Waals surface area (Å²) in [4.78, 5) is 31.7. The third-order valence-corrected chi connectivity index (χ3v) is 5.39. The number of carbonyl (C=O) groups is 1. The molecule has 8 nitrogen and oxygen atoms in total. The number of likely N-dealkylation sites (tertiary alicyclic amines) is 1. The SMILES string of the molecule is CC(C(=O)N=C(N)/C=C\C(=N)Oc1ccccc1)N1CCC(F)(F)C(c2ccc(=O)[nH]c2)C1. The second-order valence-corrected chi connectivity index (χ2v) is 7.71. The molecule has 1 fully saturated rings. The van der Waals surface area contributed by atoms with Gasteiger partial charge in [0.2, 0.25) is 11.5 Å². The van der Waals surface area contributed by atoms with Gasteiger partial charge in [-0.15, -0.1) is 0 Å². The van der Waals surface area contributed by atoms with Crippen LogP contribution in [-0.2, 0) is 4.79 Å². The van der Waals surface area contributed by atoms with Gasteiger partial charge in [0.05, 0.1) is 12.0 Å². The number of pyridine rings is 1. The van der Waals surface area contributed by atoms with E-state index in [1.54, 1.807) is 36.1 Å². The first-order valence-corrected chi connectivity index (χ1v) is 10.3. The molecule has 2 aromatic rings. The molecule has 1 aliphatic heterocycles. The van der Waals surface area contributed by atoms with Crippen LogP contribution in [0.25, 0.3) is 0 Å². The van der Waals surface area contributed by atoms with Crippen LogP contribution in [0.3, 0.4) is 0 Å². The molecule has 1 aromatic heterocycles. The molecule has 4 N–H and O–H groups in total. The second kappa shape index (κ2) is 10.3. The highest BCUT2D eigenvalue weighted by atomic mass is 19.3. The van der Waals surface area contributed by atoms with Gasteiger partial charge in [0.25, 0.3) is 11.8 Å². The van der Waals surface area contributed by atoms with Gasteiger partial charge in [-0.3, -0.25) is 19.9 Å². The third kappa shape index (κ3) is 6.42. The number of nitrogens with zero attached hydrogens (tertiary/aromatic N) is 2. The maximum Gasteiger partial charge on any atom is 0.264 e. The Balaban J connectivity index is 1.63. The van der Waals surface area contributed by atoms with Gasteiger partial charge in [-0.05, 0) is 30.7 Å². The molecule has 2 unspecified atom stereocenters. The predicted molar refractivity (Wildman–Crippen MR) is 121 cm³/mol. The van der Waals surface area contributed by atoms with Crippen LogP contribution in [0.5, 0.6) is 5.75 Å². The number of aliphatic imine (C=N–C) groups is 1. The molecule has 1 aromatic carbocycles. The second-order valence-electron chi connectivity index (χ2n) is 7.71. The Hall–Kier alpha value is -3.66. The largest absolute Gasteiger partial charge is 0.440 e. The fourth-order valence-corrected chi connectivity index (χ4v) is 3.49. The molecule has 0 radical (unpaired) electrons. The van der Waals surface area contributed by atoms with E-state index < -0.39 is 30.2 Å². The Kier molecular flexibility index (Phi) is 7.49. The van der Waals surface area contributed by atoms with Gasteiger partial charge in [-0.25, -0.2) is 8.78 Å². The van der Waals surface area contributed by atoms with Crippen molar-refractivity contribution in [2.24, 2.45) is 10.7 Å². The first-order chi connectivity index (χ1) is 15.7. The Morgan fingerprint density at radius 2 is 2.03 bits per heavy atom. The number of amidine groups is 1. The minimum absolute atomic E-state index is 0.0145. The van der Waals surface area contributed by atoms with Crippen molar-refractivity contribution in [1.29, 1.82) is 5.41 Å². The van der Waals surface area contributed by atoms with Gasteiger partial charge in [-0.2, -0.15) is 4.99 Å². The zero-order chi connectivity index (χ0) is 24.0. The van der Waals surface area contributed by atoms with E-state index >= 15 is 0 Å². The summed E-state index contributed by atoms with van der Waals surface area (Å²) >= 11 is 0. The van der Waals surface area contributed by atoms with Crippen LogP contribution in [0.4, 0.5) is 8.78 Å². The lowest BCUT2D eigenvalue weighted by atomic mass is 9.87. The zero-order valence-electron chi connectivity index (χ0n) is 18.0. The van der Waals surface area contributed by atoms with E-state index in [1.165, 1.54) is 30.5 Å². The number of H-pyrrole nitrogens is 1. The molecule has 2 heterocycles. The minimum atomic E-state index is -2.97. The summed E-state index contributed by atoms with van der Waals surface area (Å²) in [6.07, 6.45) is 3.38. The first-order valence-electron chi connectivity index (χ1n) is 10.3. The molecule has 1 amide bonds. The summed E-state index contributed by atoms with van der Waals surface area (Å²) in [5.41, 5.74) is 5.70. The average Bonchev–Trinajstić information content (AvgIpc) is 2.78. The third-order valence-electron chi connectivity index (χ3n) is 5.39. The number of hydrogen-bond donors (Lipinski definition) is 3. The van der Waals surface area contributed by atoms with E-state index in [9.17, 15) is 18.4 Å². The van der Waals surface area contributed by atoms with E-state index in [-0.39, 0.29) is 30.4 Å². The number of alkyl halides is 2. The summed E-state index contributed by atoms with van der Waals surface area (Å²) in [5.74, 6) is -4.57. The van der Waals surface area contributed by atoms with Crippen LogP contribution in [0.1, 0.15) is 24.8 Å². The fourth-order valence-electron chi connectivity index (χ4n) is 3.49. The van der Waals surface area contributed by atoms with Crippen LogP contribution < -0.4 is 16.0 Å². The van der Waals surface area contributed by atoms with Crippen molar-refractivity contribution < 1.29 is 18.3 Å². The quantitative estimate of drug-likeness (QED) is 0.454. The summed E-state index contributed by atoms with van der Waals surface area (Å²) < 4.78 is 34.4. The van der Waals surface area contributed by atoms with Gasteiger partial charge in [0, 0.05) is 37.8 Å². The number of rotatable bonds is 6. The van der Waals surface area contributed by atoms with Gasteiger partial charge < -0.3 is 15.5 Å². The fraction of sp³-hybridized carbons (Fsp3) is 0.304. The number of nitrogens with one attached hydrogen (secondary N) is 2. The highest BCUT2D eigenvalue weighted by Gasteiger charge is 2.46. The molecule has 0 spiro atoms. The maximum atomic E-state index is 14.5. The molecule has 0 bridgehead atoms. The highest BCUT2D eigenvalue weighted by Crippen LogP contribution is 2.40. The average molecular weight is 457 g/mol. The molecule has 10 heteroatoms. The number of halogens is 2. The van der Waals surface area contributed by atoms with Crippen molar-refractivity contribution in [1.82, 2.24) is 9.88 Å². The van der Waals surface area contributed by atoms with Crippen LogP contribution in [-0.4, -0.2) is 52.6 Å². The number of aromatic amines is 1. The predicted octanol–water partition coefficient (Wildman–Crippen LogP) is 2.68.